The highest BCUT2D eigenvalue weighted by atomic mass is 14.7. The van der Waals surface area contributed by atoms with Crippen LogP contribution in [0.3, 0.4) is 0 Å². The van der Waals surface area contributed by atoms with Crippen molar-refractivity contribution < 1.29 is 0 Å². The molecule has 9 aromatic rings. The Bertz CT molecular complexity index is 2380. The maximum Gasteiger partial charge on any atom is 0.0715 e. The molecule has 54 heavy (non-hydrogen) atoms. The summed E-state index contributed by atoms with van der Waals surface area (Å²) in [4.78, 5) is 5.09. The first-order valence-corrected chi connectivity index (χ1v) is 18.4. The molecule has 1 aromatic heterocycles. The molecule has 0 amide bonds. The van der Waals surface area contributed by atoms with E-state index in [2.05, 4.69) is 212 Å². The molecule has 0 saturated heterocycles. The summed E-state index contributed by atoms with van der Waals surface area (Å²) in [5, 5.41) is 0. The number of rotatable bonds is 8. The summed E-state index contributed by atoms with van der Waals surface area (Å²) in [7, 11) is 0. The normalized spacial score (nSPS) is 11.0. The standard InChI is InChI=1S/C53H37N/c1-5-16-38(17-6-1)48-33-49(39-18-7-2-8-19-39)35-50(34-48)46-28-14-26-44(31-46)42-24-13-25-43(30-42)45-27-15-29-47(32-45)51-36-52(40-20-9-3-10-21-40)54-53(37-51)41-22-11-4-12-23-41/h1-37H. The molecule has 8 aromatic carbocycles. The molecule has 0 bridgehead atoms. The topological polar surface area (TPSA) is 12.9 Å². The number of nitrogens with zero attached hydrogens (tertiary/aromatic N) is 1. The van der Waals surface area contributed by atoms with E-state index in [4.69, 9.17) is 4.98 Å². The Balaban J connectivity index is 1.08. The first-order chi connectivity index (χ1) is 26.7. The van der Waals surface area contributed by atoms with Gasteiger partial charge >= 0.3 is 0 Å². The Morgan fingerprint density at radius 1 is 0.167 bits per heavy atom. The summed E-state index contributed by atoms with van der Waals surface area (Å²) in [6.07, 6.45) is 0. The fraction of sp³-hybridized carbons (Fsp3) is 0. The predicted octanol–water partition coefficient (Wildman–Crippen LogP) is 14.4. The van der Waals surface area contributed by atoms with Crippen molar-refractivity contribution in [2.24, 2.45) is 0 Å². The number of pyridine rings is 1. The van der Waals surface area contributed by atoms with Crippen LogP contribution in [0.15, 0.2) is 224 Å². The van der Waals surface area contributed by atoms with E-state index >= 15 is 0 Å². The lowest BCUT2D eigenvalue weighted by molar-refractivity contribution is 1.32. The van der Waals surface area contributed by atoms with Gasteiger partial charge in [0.05, 0.1) is 11.4 Å². The van der Waals surface area contributed by atoms with Crippen LogP contribution in [0.1, 0.15) is 0 Å². The van der Waals surface area contributed by atoms with E-state index in [-0.39, 0.29) is 0 Å². The van der Waals surface area contributed by atoms with Crippen LogP contribution >= 0.6 is 0 Å². The quantitative estimate of drug-likeness (QED) is 0.155. The van der Waals surface area contributed by atoms with Gasteiger partial charge in [0.25, 0.3) is 0 Å². The molecule has 0 aliphatic rings. The van der Waals surface area contributed by atoms with Crippen LogP contribution in [-0.4, -0.2) is 4.98 Å². The minimum atomic E-state index is 0.962. The summed E-state index contributed by atoms with van der Waals surface area (Å²) in [6.45, 7) is 0. The molecule has 0 saturated carbocycles. The van der Waals surface area contributed by atoms with Gasteiger partial charge in [-0.3, -0.25) is 0 Å². The van der Waals surface area contributed by atoms with Crippen molar-refractivity contribution in [1.29, 1.82) is 0 Å². The molecule has 0 spiro atoms. The van der Waals surface area contributed by atoms with Crippen molar-refractivity contribution >= 4 is 0 Å². The fourth-order valence-corrected chi connectivity index (χ4v) is 7.23. The summed E-state index contributed by atoms with van der Waals surface area (Å²) < 4.78 is 0. The van der Waals surface area contributed by atoms with Crippen LogP contribution in [0.25, 0.3) is 89.3 Å². The second-order valence-electron chi connectivity index (χ2n) is 13.6. The summed E-state index contributed by atoms with van der Waals surface area (Å²) >= 11 is 0. The molecule has 1 nitrogen and oxygen atoms in total. The predicted molar refractivity (Wildman–Crippen MR) is 228 cm³/mol. The van der Waals surface area contributed by atoms with E-state index < -0.39 is 0 Å². The van der Waals surface area contributed by atoms with Crippen molar-refractivity contribution in [1.82, 2.24) is 4.98 Å². The molecular weight excluding hydrogens is 651 g/mol. The summed E-state index contributed by atoms with van der Waals surface area (Å²) in [5.41, 5.74) is 18.4. The van der Waals surface area contributed by atoms with Crippen molar-refractivity contribution in [2.45, 2.75) is 0 Å². The maximum absolute atomic E-state index is 5.09. The lowest BCUT2D eigenvalue weighted by atomic mass is 9.91. The zero-order chi connectivity index (χ0) is 36.1. The van der Waals surface area contributed by atoms with Gasteiger partial charge in [-0.05, 0) is 115 Å². The molecule has 0 fully saturated rings. The second kappa shape index (κ2) is 14.9. The van der Waals surface area contributed by atoms with Gasteiger partial charge in [0.15, 0.2) is 0 Å². The zero-order valence-electron chi connectivity index (χ0n) is 29.8. The highest BCUT2D eigenvalue weighted by molar-refractivity contribution is 5.84. The molecule has 0 atom stereocenters. The second-order valence-corrected chi connectivity index (χ2v) is 13.6. The minimum absolute atomic E-state index is 0.962. The van der Waals surface area contributed by atoms with Crippen molar-refractivity contribution in [3.8, 4) is 89.3 Å². The van der Waals surface area contributed by atoms with Crippen molar-refractivity contribution in [3.05, 3.63) is 224 Å². The highest BCUT2D eigenvalue weighted by Crippen LogP contribution is 2.36. The van der Waals surface area contributed by atoms with Gasteiger partial charge in [0.1, 0.15) is 0 Å². The number of aromatic nitrogens is 1. The van der Waals surface area contributed by atoms with Crippen LogP contribution < -0.4 is 0 Å². The van der Waals surface area contributed by atoms with Gasteiger partial charge < -0.3 is 0 Å². The molecule has 0 aliphatic heterocycles. The Labute approximate surface area is 317 Å². The lowest BCUT2D eigenvalue weighted by Crippen LogP contribution is -1.91. The van der Waals surface area contributed by atoms with Gasteiger partial charge in [-0.15, -0.1) is 0 Å². The van der Waals surface area contributed by atoms with E-state index in [0.717, 1.165) is 33.6 Å². The summed E-state index contributed by atoms with van der Waals surface area (Å²) in [6, 6.07) is 80.2. The first-order valence-electron chi connectivity index (χ1n) is 18.4. The Morgan fingerprint density at radius 3 is 0.722 bits per heavy atom. The average molecular weight is 688 g/mol. The van der Waals surface area contributed by atoms with Gasteiger partial charge in [0, 0.05) is 11.1 Å². The maximum atomic E-state index is 5.09. The SMILES string of the molecule is c1ccc(-c2cc(-c3ccccc3)cc(-c3cccc(-c4cccc(-c5cccc(-c6cc(-c7ccccc7)nc(-c7ccccc7)c6)c5)c4)c3)c2)cc1. The first kappa shape index (κ1) is 32.8. The highest BCUT2D eigenvalue weighted by Gasteiger charge is 2.12. The molecule has 254 valence electrons. The monoisotopic (exact) mass is 687 g/mol. The Morgan fingerprint density at radius 2 is 0.389 bits per heavy atom. The third-order valence-electron chi connectivity index (χ3n) is 10.0. The molecule has 0 radical (unpaired) electrons. The van der Waals surface area contributed by atoms with E-state index in [0.29, 0.717) is 0 Å². The molecule has 1 heterocycles. The van der Waals surface area contributed by atoms with Crippen molar-refractivity contribution in [3.63, 3.8) is 0 Å². The van der Waals surface area contributed by atoms with Gasteiger partial charge in [-0.1, -0.05) is 176 Å². The molecule has 0 aliphatic carbocycles. The average Bonchev–Trinajstić information content (AvgIpc) is 3.27. The molecule has 0 unspecified atom stereocenters. The number of hydrogen-bond acceptors (Lipinski definition) is 1. The van der Waals surface area contributed by atoms with E-state index in [1.807, 2.05) is 12.1 Å². The number of hydrogen-bond donors (Lipinski definition) is 0. The number of benzene rings is 8. The zero-order valence-corrected chi connectivity index (χ0v) is 29.8. The van der Waals surface area contributed by atoms with Gasteiger partial charge in [-0.25, -0.2) is 4.98 Å². The Hall–Kier alpha value is -7.09. The molecular formula is C53H37N. The molecule has 0 N–H and O–H groups in total. The largest absolute Gasteiger partial charge is 0.248 e. The summed E-state index contributed by atoms with van der Waals surface area (Å²) in [5.74, 6) is 0. The van der Waals surface area contributed by atoms with Crippen molar-refractivity contribution in [2.75, 3.05) is 0 Å². The van der Waals surface area contributed by atoms with Crippen LogP contribution in [-0.2, 0) is 0 Å². The van der Waals surface area contributed by atoms with E-state index in [9.17, 15) is 0 Å². The van der Waals surface area contributed by atoms with Crippen LogP contribution in [0.5, 0.6) is 0 Å². The fourth-order valence-electron chi connectivity index (χ4n) is 7.23. The third kappa shape index (κ3) is 7.04. The Kier molecular flexibility index (Phi) is 9.03. The van der Waals surface area contributed by atoms with Crippen LogP contribution in [0, 0.1) is 0 Å². The van der Waals surface area contributed by atoms with Gasteiger partial charge in [-0.2, -0.15) is 0 Å². The molecule has 1 heteroatoms. The van der Waals surface area contributed by atoms with E-state index in [1.165, 1.54) is 55.6 Å². The van der Waals surface area contributed by atoms with Crippen LogP contribution in [0.2, 0.25) is 0 Å². The van der Waals surface area contributed by atoms with Crippen LogP contribution in [0.4, 0.5) is 0 Å². The molecule has 9 rings (SSSR count). The minimum Gasteiger partial charge on any atom is -0.248 e. The van der Waals surface area contributed by atoms with Gasteiger partial charge in [0.2, 0.25) is 0 Å². The lowest BCUT2D eigenvalue weighted by Gasteiger charge is -2.13. The smallest absolute Gasteiger partial charge is 0.0715 e. The third-order valence-corrected chi connectivity index (χ3v) is 10.0. The van der Waals surface area contributed by atoms with E-state index in [1.54, 1.807) is 0 Å².